The quantitative estimate of drug-likeness (QED) is 0.592. The third-order valence-electron chi connectivity index (χ3n) is 5.74. The number of nitrogens with zero attached hydrogens (tertiary/aromatic N) is 1. The molecule has 0 spiro atoms. The van der Waals surface area contributed by atoms with Crippen molar-refractivity contribution < 1.29 is 17.9 Å². The van der Waals surface area contributed by atoms with Crippen molar-refractivity contribution in [1.82, 2.24) is 4.72 Å². The lowest BCUT2D eigenvalue weighted by Gasteiger charge is -2.18. The van der Waals surface area contributed by atoms with E-state index in [0.717, 1.165) is 28.8 Å². The molecular weight excluding hydrogens is 424 g/mol. The molecule has 3 aromatic rings. The van der Waals surface area contributed by atoms with E-state index in [2.05, 4.69) is 4.72 Å². The Bertz CT molecular complexity index is 1240. The number of aryl methyl sites for hydroxylation is 1. The highest BCUT2D eigenvalue weighted by Crippen LogP contribution is 2.31. The molecule has 7 heteroatoms. The third-order valence-corrected chi connectivity index (χ3v) is 7.24. The zero-order valence-corrected chi connectivity index (χ0v) is 19.0. The summed E-state index contributed by atoms with van der Waals surface area (Å²) in [4.78, 5) is 15.1. The van der Waals surface area contributed by atoms with Gasteiger partial charge in [-0.05, 0) is 65.9 Å². The van der Waals surface area contributed by atoms with Crippen molar-refractivity contribution in [3.8, 4) is 5.75 Å². The summed E-state index contributed by atoms with van der Waals surface area (Å²) in [7, 11) is -2.05. The maximum atomic E-state index is 13.1. The number of hydrogen-bond donors (Lipinski definition) is 1. The van der Waals surface area contributed by atoms with E-state index < -0.39 is 10.0 Å². The van der Waals surface area contributed by atoms with Crippen molar-refractivity contribution in [3.05, 3.63) is 89.0 Å². The summed E-state index contributed by atoms with van der Waals surface area (Å²) in [6, 6.07) is 19.8. The van der Waals surface area contributed by atoms with E-state index in [1.807, 2.05) is 37.3 Å². The molecule has 6 nitrogen and oxygen atoms in total. The molecule has 1 amide bonds. The fourth-order valence-corrected chi connectivity index (χ4v) is 5.28. The fraction of sp³-hybridized carbons (Fsp3) is 0.240. The number of fused-ring (bicyclic) bond motifs is 1. The van der Waals surface area contributed by atoms with E-state index in [1.165, 1.54) is 0 Å². The van der Waals surface area contributed by atoms with Crippen LogP contribution >= 0.6 is 0 Å². The first-order valence-electron chi connectivity index (χ1n) is 10.6. The molecule has 0 atom stereocenters. The van der Waals surface area contributed by atoms with Crippen LogP contribution < -0.4 is 14.4 Å². The summed E-state index contributed by atoms with van der Waals surface area (Å²) in [5.41, 5.74) is 4.08. The number of carbonyl (C=O) groups excluding carboxylic acids is 1. The molecule has 0 saturated heterocycles. The Morgan fingerprint density at radius 2 is 1.81 bits per heavy atom. The maximum absolute atomic E-state index is 13.1. The molecule has 0 aromatic heterocycles. The molecule has 32 heavy (non-hydrogen) atoms. The lowest BCUT2D eigenvalue weighted by Crippen LogP contribution is -2.29. The monoisotopic (exact) mass is 450 g/mol. The molecule has 1 heterocycles. The molecule has 0 unspecified atom stereocenters. The zero-order chi connectivity index (χ0) is 22.7. The van der Waals surface area contributed by atoms with Crippen molar-refractivity contribution in [2.24, 2.45) is 0 Å². The van der Waals surface area contributed by atoms with Crippen LogP contribution in [0.2, 0.25) is 0 Å². The van der Waals surface area contributed by atoms with E-state index in [4.69, 9.17) is 4.74 Å². The van der Waals surface area contributed by atoms with Gasteiger partial charge in [0.25, 0.3) is 5.91 Å². The topological polar surface area (TPSA) is 75.7 Å². The first-order chi connectivity index (χ1) is 15.4. The van der Waals surface area contributed by atoms with Crippen molar-refractivity contribution in [1.29, 1.82) is 0 Å². The predicted octanol–water partition coefficient (Wildman–Crippen LogP) is 3.94. The van der Waals surface area contributed by atoms with Crippen molar-refractivity contribution in [2.45, 2.75) is 31.2 Å². The number of benzene rings is 3. The third kappa shape index (κ3) is 4.40. The van der Waals surface area contributed by atoms with E-state index in [0.29, 0.717) is 29.2 Å². The Morgan fingerprint density at radius 1 is 1.06 bits per heavy atom. The first-order valence-corrected chi connectivity index (χ1v) is 12.1. The molecule has 0 saturated carbocycles. The number of rotatable bonds is 7. The van der Waals surface area contributed by atoms with Gasteiger partial charge in [0.1, 0.15) is 5.75 Å². The summed E-state index contributed by atoms with van der Waals surface area (Å²) in [6.45, 7) is 2.68. The van der Waals surface area contributed by atoms with E-state index in [-0.39, 0.29) is 12.5 Å². The lowest BCUT2D eigenvalue weighted by atomic mass is 10.1. The van der Waals surface area contributed by atoms with Crippen LogP contribution in [-0.4, -0.2) is 28.0 Å². The normalized spacial score (nSPS) is 13.1. The van der Waals surface area contributed by atoms with E-state index >= 15 is 0 Å². The zero-order valence-electron chi connectivity index (χ0n) is 18.2. The fourth-order valence-electron chi connectivity index (χ4n) is 3.95. The van der Waals surface area contributed by atoms with Gasteiger partial charge >= 0.3 is 0 Å². The van der Waals surface area contributed by atoms with Crippen molar-refractivity contribution >= 4 is 21.6 Å². The van der Waals surface area contributed by atoms with Gasteiger partial charge in [0.05, 0.1) is 12.0 Å². The summed E-state index contributed by atoms with van der Waals surface area (Å²) in [5, 5.41) is 0. The number of carbonyl (C=O) groups is 1. The highest BCUT2D eigenvalue weighted by molar-refractivity contribution is 7.89. The first kappa shape index (κ1) is 22.0. The van der Waals surface area contributed by atoms with Gasteiger partial charge in [0.15, 0.2) is 0 Å². The number of sulfonamides is 1. The number of methoxy groups -OCH3 is 1. The summed E-state index contributed by atoms with van der Waals surface area (Å²) in [6.07, 6.45) is 1.41. The van der Waals surface area contributed by atoms with Gasteiger partial charge < -0.3 is 9.64 Å². The largest absolute Gasteiger partial charge is 0.497 e. The van der Waals surface area contributed by atoms with Gasteiger partial charge in [-0.1, -0.05) is 37.3 Å². The Morgan fingerprint density at radius 3 is 2.53 bits per heavy atom. The molecule has 0 aliphatic carbocycles. The Labute approximate surface area is 188 Å². The molecule has 0 bridgehead atoms. The van der Waals surface area contributed by atoms with Crippen LogP contribution in [0.5, 0.6) is 5.75 Å². The smallest absolute Gasteiger partial charge is 0.258 e. The van der Waals surface area contributed by atoms with Crippen LogP contribution in [0.4, 0.5) is 5.69 Å². The van der Waals surface area contributed by atoms with Gasteiger partial charge in [-0.2, -0.15) is 0 Å². The minimum absolute atomic E-state index is 0.0824. The van der Waals surface area contributed by atoms with E-state index in [1.54, 1.807) is 48.4 Å². The van der Waals surface area contributed by atoms with Crippen molar-refractivity contribution in [3.63, 3.8) is 0 Å². The summed E-state index contributed by atoms with van der Waals surface area (Å²) in [5.74, 6) is 0.614. The average Bonchev–Trinajstić information content (AvgIpc) is 3.25. The number of nitrogens with one attached hydrogen (secondary N) is 1. The highest BCUT2D eigenvalue weighted by atomic mass is 32.2. The lowest BCUT2D eigenvalue weighted by molar-refractivity contribution is 0.0989. The standard InChI is InChI=1S/C25H26N2O4S/c1-3-19-6-4-5-7-24(19)32(29,30)26-17-18-8-9-20-14-15-27(23(20)16-18)25(28)21-10-12-22(31-2)13-11-21/h4-13,16,26H,3,14-15,17H2,1-2H3. The summed E-state index contributed by atoms with van der Waals surface area (Å²) < 4.78 is 33.6. The molecule has 166 valence electrons. The van der Waals surface area contributed by atoms with Gasteiger partial charge in [-0.15, -0.1) is 0 Å². The predicted molar refractivity (Wildman–Crippen MR) is 125 cm³/mol. The van der Waals surface area contributed by atoms with Crippen LogP contribution in [0.15, 0.2) is 71.6 Å². The average molecular weight is 451 g/mol. The molecule has 0 radical (unpaired) electrons. The molecule has 1 aliphatic rings. The second-order valence-corrected chi connectivity index (χ2v) is 9.42. The SMILES string of the molecule is CCc1ccccc1S(=O)(=O)NCc1ccc2c(c1)N(C(=O)c1ccc(OC)cc1)CC2. The van der Waals surface area contributed by atoms with Crippen LogP contribution in [0.1, 0.15) is 34.0 Å². The van der Waals surface area contributed by atoms with Crippen molar-refractivity contribution in [2.75, 3.05) is 18.6 Å². The number of amides is 1. The van der Waals surface area contributed by atoms with Crippen LogP contribution in [0.25, 0.3) is 0 Å². The van der Waals surface area contributed by atoms with Crippen LogP contribution in [0.3, 0.4) is 0 Å². The van der Waals surface area contributed by atoms with Crippen LogP contribution in [-0.2, 0) is 29.4 Å². The molecule has 4 rings (SSSR count). The van der Waals surface area contributed by atoms with Gasteiger partial charge in [-0.25, -0.2) is 13.1 Å². The summed E-state index contributed by atoms with van der Waals surface area (Å²) >= 11 is 0. The number of hydrogen-bond acceptors (Lipinski definition) is 4. The molecular formula is C25H26N2O4S. The van der Waals surface area contributed by atoms with E-state index in [9.17, 15) is 13.2 Å². The molecule has 3 aromatic carbocycles. The minimum Gasteiger partial charge on any atom is -0.497 e. The Hall–Kier alpha value is -3.16. The second kappa shape index (κ2) is 9.14. The maximum Gasteiger partial charge on any atom is 0.258 e. The second-order valence-electron chi connectivity index (χ2n) is 7.68. The Balaban J connectivity index is 1.53. The van der Waals surface area contributed by atoms with Gasteiger partial charge in [0, 0.05) is 24.3 Å². The van der Waals surface area contributed by atoms with Gasteiger partial charge in [-0.3, -0.25) is 4.79 Å². The minimum atomic E-state index is -3.64. The number of ether oxygens (including phenoxy) is 1. The molecule has 1 N–H and O–H groups in total. The highest BCUT2D eigenvalue weighted by Gasteiger charge is 2.26. The Kier molecular flexibility index (Phi) is 6.30. The number of anilines is 1. The van der Waals surface area contributed by atoms with Crippen LogP contribution in [0, 0.1) is 0 Å². The van der Waals surface area contributed by atoms with Gasteiger partial charge in [0.2, 0.25) is 10.0 Å². The molecule has 0 fully saturated rings. The molecule has 1 aliphatic heterocycles.